The molecule has 0 saturated carbocycles. The van der Waals surface area contributed by atoms with Gasteiger partial charge >= 0.3 is 0 Å². The zero-order chi connectivity index (χ0) is 20.8. The normalized spacial score (nSPS) is 20.8. The third-order valence-electron chi connectivity index (χ3n) is 5.46. The van der Waals surface area contributed by atoms with Crippen LogP contribution in [0.1, 0.15) is 21.9 Å². The van der Waals surface area contributed by atoms with E-state index < -0.39 is 0 Å². The molecule has 0 radical (unpaired) electrons. The lowest BCUT2D eigenvalue weighted by atomic mass is 9.97. The SMILES string of the molecule is O=C(NCC(C1CCOC1)N1CCOCC1)c1csc(COc2ccc(Cl)cc2)n1. The van der Waals surface area contributed by atoms with Crippen molar-refractivity contribution in [3.8, 4) is 5.75 Å². The van der Waals surface area contributed by atoms with Crippen LogP contribution in [0.5, 0.6) is 5.75 Å². The minimum atomic E-state index is -0.152. The van der Waals surface area contributed by atoms with E-state index in [0.717, 1.165) is 50.9 Å². The summed E-state index contributed by atoms with van der Waals surface area (Å²) >= 11 is 7.30. The number of carbonyl (C=O) groups is 1. The molecule has 3 heterocycles. The summed E-state index contributed by atoms with van der Waals surface area (Å²) in [6.45, 7) is 5.70. The van der Waals surface area contributed by atoms with Crippen LogP contribution < -0.4 is 10.1 Å². The summed E-state index contributed by atoms with van der Waals surface area (Å²) in [5, 5.41) is 6.27. The molecule has 0 bridgehead atoms. The van der Waals surface area contributed by atoms with E-state index >= 15 is 0 Å². The molecule has 1 amide bonds. The minimum absolute atomic E-state index is 0.152. The van der Waals surface area contributed by atoms with E-state index in [-0.39, 0.29) is 11.9 Å². The van der Waals surface area contributed by atoms with Crippen molar-refractivity contribution in [1.29, 1.82) is 0 Å². The molecule has 9 heteroatoms. The maximum Gasteiger partial charge on any atom is 0.270 e. The van der Waals surface area contributed by atoms with Crippen molar-refractivity contribution in [2.75, 3.05) is 46.1 Å². The second-order valence-corrected chi connectivity index (χ2v) is 8.80. The molecule has 0 aliphatic carbocycles. The molecule has 2 saturated heterocycles. The molecule has 2 aliphatic rings. The van der Waals surface area contributed by atoms with E-state index in [9.17, 15) is 4.79 Å². The first-order valence-electron chi connectivity index (χ1n) is 10.2. The van der Waals surface area contributed by atoms with Crippen molar-refractivity contribution in [2.24, 2.45) is 5.92 Å². The van der Waals surface area contributed by atoms with Gasteiger partial charge in [0.15, 0.2) is 0 Å². The topological polar surface area (TPSA) is 72.9 Å². The van der Waals surface area contributed by atoms with E-state index in [1.54, 1.807) is 17.5 Å². The summed E-state index contributed by atoms with van der Waals surface area (Å²) in [7, 11) is 0. The van der Waals surface area contributed by atoms with Gasteiger partial charge in [0.2, 0.25) is 0 Å². The fourth-order valence-corrected chi connectivity index (χ4v) is 4.62. The smallest absolute Gasteiger partial charge is 0.270 e. The molecule has 7 nitrogen and oxygen atoms in total. The van der Waals surface area contributed by atoms with Crippen LogP contribution in [-0.4, -0.2) is 67.9 Å². The molecule has 2 unspecified atom stereocenters. The number of morpholine rings is 1. The van der Waals surface area contributed by atoms with Gasteiger partial charge in [-0.2, -0.15) is 0 Å². The minimum Gasteiger partial charge on any atom is -0.486 e. The number of carbonyl (C=O) groups excluding carboxylic acids is 1. The Bertz CT molecular complexity index is 820. The maximum atomic E-state index is 12.7. The standard InChI is InChI=1S/C21H26ClN3O4S/c22-16-1-3-17(4-2-16)29-13-20-24-18(14-30-20)21(26)23-11-19(15-5-8-28-12-15)25-6-9-27-10-7-25/h1-4,14-15,19H,5-13H2,(H,23,26). The Morgan fingerprint density at radius 1 is 1.27 bits per heavy atom. The molecule has 1 aromatic carbocycles. The zero-order valence-electron chi connectivity index (χ0n) is 16.7. The van der Waals surface area contributed by atoms with Crippen molar-refractivity contribution in [1.82, 2.24) is 15.2 Å². The van der Waals surface area contributed by atoms with Crippen molar-refractivity contribution < 1.29 is 19.0 Å². The van der Waals surface area contributed by atoms with Crippen LogP contribution in [0.4, 0.5) is 0 Å². The number of nitrogens with one attached hydrogen (secondary N) is 1. The summed E-state index contributed by atoms with van der Waals surface area (Å²) in [5.74, 6) is 0.996. The van der Waals surface area contributed by atoms with Gasteiger partial charge in [0.25, 0.3) is 5.91 Å². The first-order chi connectivity index (χ1) is 14.7. The third kappa shape index (κ3) is 5.70. The molecule has 2 atom stereocenters. The highest BCUT2D eigenvalue weighted by molar-refractivity contribution is 7.09. The van der Waals surface area contributed by atoms with Gasteiger partial charge < -0.3 is 19.5 Å². The number of benzene rings is 1. The third-order valence-corrected chi connectivity index (χ3v) is 6.53. The highest BCUT2D eigenvalue weighted by Gasteiger charge is 2.32. The van der Waals surface area contributed by atoms with Crippen LogP contribution in [0, 0.1) is 5.92 Å². The Kier molecular flexibility index (Phi) is 7.57. The van der Waals surface area contributed by atoms with Gasteiger partial charge in [0, 0.05) is 48.6 Å². The number of hydrogen-bond donors (Lipinski definition) is 1. The first kappa shape index (κ1) is 21.5. The first-order valence-corrected chi connectivity index (χ1v) is 11.5. The van der Waals surface area contributed by atoms with Gasteiger partial charge in [-0.1, -0.05) is 11.6 Å². The number of rotatable bonds is 8. The summed E-state index contributed by atoms with van der Waals surface area (Å²) in [6, 6.07) is 7.42. The summed E-state index contributed by atoms with van der Waals surface area (Å²) in [6.07, 6.45) is 1.03. The van der Waals surface area contributed by atoms with Crippen LogP contribution in [-0.2, 0) is 16.1 Å². The van der Waals surface area contributed by atoms with E-state index in [2.05, 4.69) is 15.2 Å². The molecule has 1 N–H and O–H groups in total. The van der Waals surface area contributed by atoms with Crippen molar-refractivity contribution in [3.63, 3.8) is 0 Å². The lowest BCUT2D eigenvalue weighted by Crippen LogP contribution is -2.52. The van der Waals surface area contributed by atoms with Crippen LogP contribution in [0.15, 0.2) is 29.6 Å². The molecule has 2 aliphatic heterocycles. The second kappa shape index (κ2) is 10.5. The summed E-state index contributed by atoms with van der Waals surface area (Å²) < 4.78 is 16.8. The fourth-order valence-electron chi connectivity index (χ4n) is 3.80. The number of hydrogen-bond acceptors (Lipinski definition) is 7. The van der Waals surface area contributed by atoms with Gasteiger partial charge in [-0.25, -0.2) is 4.98 Å². The van der Waals surface area contributed by atoms with Crippen molar-refractivity contribution in [3.05, 3.63) is 45.4 Å². The summed E-state index contributed by atoms with van der Waals surface area (Å²) in [5.41, 5.74) is 0.429. The predicted molar refractivity (Wildman–Crippen MR) is 115 cm³/mol. The molecule has 162 valence electrons. The number of thiazole rings is 1. The Morgan fingerprint density at radius 3 is 2.80 bits per heavy atom. The van der Waals surface area contributed by atoms with Crippen LogP contribution in [0.3, 0.4) is 0 Å². The molecular weight excluding hydrogens is 426 g/mol. The Hall–Kier alpha value is -1.71. The Labute approximate surface area is 185 Å². The average Bonchev–Trinajstić information content (AvgIpc) is 3.47. The zero-order valence-corrected chi connectivity index (χ0v) is 18.3. The average molecular weight is 452 g/mol. The number of amides is 1. The number of nitrogens with zero attached hydrogens (tertiary/aromatic N) is 2. The fraction of sp³-hybridized carbons (Fsp3) is 0.524. The van der Waals surface area contributed by atoms with E-state index in [4.69, 9.17) is 25.8 Å². The highest BCUT2D eigenvalue weighted by Crippen LogP contribution is 2.22. The molecule has 4 rings (SSSR count). The molecular formula is C21H26ClN3O4S. The van der Waals surface area contributed by atoms with Crippen LogP contribution in [0.25, 0.3) is 0 Å². The van der Waals surface area contributed by atoms with Crippen molar-refractivity contribution >= 4 is 28.8 Å². The molecule has 0 spiro atoms. The number of aromatic nitrogens is 1. The van der Waals surface area contributed by atoms with Crippen molar-refractivity contribution in [2.45, 2.75) is 19.1 Å². The Balaban J connectivity index is 1.30. The molecule has 2 fully saturated rings. The van der Waals surface area contributed by atoms with Crippen LogP contribution in [0.2, 0.25) is 5.02 Å². The molecule has 30 heavy (non-hydrogen) atoms. The quantitative estimate of drug-likeness (QED) is 0.665. The van der Waals surface area contributed by atoms with E-state index in [1.165, 1.54) is 11.3 Å². The number of ether oxygens (including phenoxy) is 3. The lowest BCUT2D eigenvalue weighted by molar-refractivity contribution is 0.00165. The van der Waals surface area contributed by atoms with E-state index in [1.807, 2.05) is 12.1 Å². The van der Waals surface area contributed by atoms with Gasteiger partial charge in [-0.15, -0.1) is 11.3 Å². The van der Waals surface area contributed by atoms with Crippen LogP contribution >= 0.6 is 22.9 Å². The Morgan fingerprint density at radius 2 is 2.07 bits per heavy atom. The maximum absolute atomic E-state index is 12.7. The lowest BCUT2D eigenvalue weighted by Gasteiger charge is -2.37. The summed E-state index contributed by atoms with van der Waals surface area (Å²) in [4.78, 5) is 19.5. The monoisotopic (exact) mass is 451 g/mol. The largest absolute Gasteiger partial charge is 0.486 e. The van der Waals surface area contributed by atoms with Gasteiger partial charge in [0.05, 0.1) is 19.8 Å². The molecule has 1 aromatic heterocycles. The van der Waals surface area contributed by atoms with E-state index in [0.29, 0.717) is 35.5 Å². The van der Waals surface area contributed by atoms with Gasteiger partial charge in [0.1, 0.15) is 23.1 Å². The van der Waals surface area contributed by atoms with Gasteiger partial charge in [-0.05, 0) is 30.7 Å². The molecule has 2 aromatic rings. The van der Waals surface area contributed by atoms with Gasteiger partial charge in [-0.3, -0.25) is 9.69 Å². The number of halogens is 1. The highest BCUT2D eigenvalue weighted by atomic mass is 35.5. The second-order valence-electron chi connectivity index (χ2n) is 7.42. The predicted octanol–water partition coefficient (Wildman–Crippen LogP) is 2.84.